The number of carbonyl (C=O) groups is 3. The van der Waals surface area contributed by atoms with Crippen LogP contribution in [0.25, 0.3) is 11.1 Å². The van der Waals surface area contributed by atoms with Crippen molar-refractivity contribution >= 4 is 28.9 Å². The first-order valence-electron chi connectivity index (χ1n) is 9.38. The van der Waals surface area contributed by atoms with Crippen LogP contribution in [-0.4, -0.2) is 59.1 Å². The second-order valence-electron chi connectivity index (χ2n) is 6.79. The molecule has 3 heterocycles. The summed E-state index contributed by atoms with van der Waals surface area (Å²) in [5.74, 6) is -1.20. The zero-order chi connectivity index (χ0) is 21.1. The van der Waals surface area contributed by atoms with Crippen LogP contribution in [0.15, 0.2) is 15.5 Å². The summed E-state index contributed by atoms with van der Waals surface area (Å²) in [6.45, 7) is 3.95. The molecule has 2 aromatic heterocycles. The van der Waals surface area contributed by atoms with Gasteiger partial charge in [-0.2, -0.15) is 0 Å². The molecule has 0 N–H and O–H groups in total. The molecule has 0 radical (unpaired) electrons. The number of ether oxygens (including phenoxy) is 2. The van der Waals surface area contributed by atoms with Gasteiger partial charge in [0.2, 0.25) is 11.6 Å². The predicted molar refractivity (Wildman–Crippen MR) is 100 cm³/mol. The van der Waals surface area contributed by atoms with E-state index >= 15 is 0 Å². The molecule has 29 heavy (non-hydrogen) atoms. The average molecular weight is 405 g/mol. The second kappa shape index (κ2) is 8.46. The average Bonchev–Trinajstić information content (AvgIpc) is 3.06. The summed E-state index contributed by atoms with van der Waals surface area (Å²) in [5.41, 5.74) is -0.495. The zero-order valence-corrected chi connectivity index (χ0v) is 16.6. The van der Waals surface area contributed by atoms with Gasteiger partial charge in [0, 0.05) is 13.1 Å². The third-order valence-corrected chi connectivity index (χ3v) is 5.02. The maximum atomic E-state index is 12.9. The second-order valence-corrected chi connectivity index (χ2v) is 6.79. The number of fused-ring (bicyclic) bond motifs is 1. The molecule has 1 fully saturated rings. The van der Waals surface area contributed by atoms with E-state index in [-0.39, 0.29) is 53.4 Å². The van der Waals surface area contributed by atoms with Crippen molar-refractivity contribution in [3.05, 3.63) is 28.0 Å². The summed E-state index contributed by atoms with van der Waals surface area (Å²) < 4.78 is 16.3. The van der Waals surface area contributed by atoms with Gasteiger partial charge in [0.15, 0.2) is 0 Å². The third-order valence-electron chi connectivity index (χ3n) is 5.02. The van der Waals surface area contributed by atoms with Gasteiger partial charge in [-0.3, -0.25) is 19.0 Å². The van der Waals surface area contributed by atoms with Gasteiger partial charge >= 0.3 is 11.9 Å². The number of methoxy groups -OCH3 is 1. The number of amides is 1. The van der Waals surface area contributed by atoms with Crippen molar-refractivity contribution in [3.8, 4) is 0 Å². The maximum absolute atomic E-state index is 12.9. The lowest BCUT2D eigenvalue weighted by molar-refractivity contribution is -0.149. The zero-order valence-electron chi connectivity index (χ0n) is 16.6. The molecule has 1 aliphatic rings. The smallest absolute Gasteiger partial charge is 0.342 e. The Labute approximate surface area is 166 Å². The quantitative estimate of drug-likeness (QED) is 0.673. The summed E-state index contributed by atoms with van der Waals surface area (Å²) >= 11 is 0. The van der Waals surface area contributed by atoms with Gasteiger partial charge in [0.05, 0.1) is 19.6 Å². The minimum Gasteiger partial charge on any atom is -0.469 e. The van der Waals surface area contributed by atoms with E-state index < -0.39 is 11.5 Å². The van der Waals surface area contributed by atoms with Gasteiger partial charge in [-0.05, 0) is 26.7 Å². The Kier molecular flexibility index (Phi) is 6.00. The van der Waals surface area contributed by atoms with Crippen molar-refractivity contribution in [3.63, 3.8) is 0 Å². The van der Waals surface area contributed by atoms with Crippen LogP contribution in [0.2, 0.25) is 0 Å². The highest BCUT2D eigenvalue weighted by Crippen LogP contribution is 2.22. The van der Waals surface area contributed by atoms with Crippen LogP contribution < -0.4 is 5.56 Å². The van der Waals surface area contributed by atoms with E-state index in [0.29, 0.717) is 25.9 Å². The molecule has 156 valence electrons. The molecule has 0 aromatic carbocycles. The number of hydrogen-bond acceptors (Lipinski definition) is 8. The highest BCUT2D eigenvalue weighted by molar-refractivity contribution is 6.03. The first-order valence-corrected chi connectivity index (χ1v) is 9.38. The lowest BCUT2D eigenvalue weighted by Gasteiger charge is -2.30. The Morgan fingerprint density at radius 2 is 1.97 bits per heavy atom. The number of aryl methyl sites for hydroxylation is 1. The van der Waals surface area contributed by atoms with Crippen LogP contribution in [0, 0.1) is 12.8 Å². The van der Waals surface area contributed by atoms with Gasteiger partial charge < -0.3 is 18.8 Å². The van der Waals surface area contributed by atoms with Crippen LogP contribution in [-0.2, 0) is 25.6 Å². The van der Waals surface area contributed by atoms with Crippen LogP contribution in [0.5, 0.6) is 0 Å². The monoisotopic (exact) mass is 405 g/mol. The summed E-state index contributed by atoms with van der Waals surface area (Å²) in [5, 5.41) is 0.000601. The third kappa shape index (κ3) is 4.01. The molecule has 0 aliphatic carbocycles. The molecule has 1 saturated heterocycles. The highest BCUT2D eigenvalue weighted by atomic mass is 16.5. The van der Waals surface area contributed by atoms with Crippen LogP contribution in [0.4, 0.5) is 0 Å². The lowest BCUT2D eigenvalue weighted by atomic mass is 9.97. The molecule has 3 rings (SSSR count). The van der Waals surface area contributed by atoms with Crippen molar-refractivity contribution in [1.82, 2.24) is 14.5 Å². The Hall–Kier alpha value is -3.17. The summed E-state index contributed by atoms with van der Waals surface area (Å²) in [7, 11) is 1.34. The molecular weight excluding hydrogens is 382 g/mol. The van der Waals surface area contributed by atoms with Gasteiger partial charge in [-0.15, -0.1) is 0 Å². The summed E-state index contributed by atoms with van der Waals surface area (Å²) in [6.07, 6.45) is 2.25. The van der Waals surface area contributed by atoms with E-state index in [1.54, 1.807) is 18.7 Å². The number of nitrogens with zero attached hydrogens (tertiary/aromatic N) is 3. The lowest BCUT2D eigenvalue weighted by Crippen LogP contribution is -2.43. The number of esters is 2. The normalized spacial score (nSPS) is 14.8. The van der Waals surface area contributed by atoms with Crippen LogP contribution in [0.1, 0.15) is 35.9 Å². The molecular formula is C19H23N3O7. The van der Waals surface area contributed by atoms with Gasteiger partial charge in [0.1, 0.15) is 29.6 Å². The first kappa shape index (κ1) is 20.6. The van der Waals surface area contributed by atoms with E-state index in [4.69, 9.17) is 13.9 Å². The van der Waals surface area contributed by atoms with Crippen molar-refractivity contribution < 1.29 is 28.3 Å². The molecule has 0 saturated carbocycles. The number of furan rings is 1. The minimum absolute atomic E-state index is 0.000601. The van der Waals surface area contributed by atoms with E-state index in [0.717, 1.165) is 4.57 Å². The van der Waals surface area contributed by atoms with Crippen molar-refractivity contribution in [2.24, 2.45) is 5.92 Å². The number of piperidine rings is 1. The van der Waals surface area contributed by atoms with Crippen LogP contribution in [0.3, 0.4) is 0 Å². The first-order chi connectivity index (χ1) is 13.9. The Morgan fingerprint density at radius 1 is 1.28 bits per heavy atom. The fraction of sp³-hybridized carbons (Fsp3) is 0.526. The maximum Gasteiger partial charge on any atom is 0.342 e. The Balaban J connectivity index is 1.80. The SMILES string of the molecule is CCOC(=O)c1c(C)oc2ncn(CC(=O)N3CCC(C(=O)OC)CC3)c(=O)c12. The van der Waals surface area contributed by atoms with E-state index in [1.807, 2.05) is 0 Å². The van der Waals surface area contributed by atoms with E-state index in [9.17, 15) is 19.2 Å². The van der Waals surface area contributed by atoms with Crippen LogP contribution >= 0.6 is 0 Å². The molecule has 0 spiro atoms. The number of hydrogen-bond donors (Lipinski definition) is 0. The number of rotatable bonds is 5. The minimum atomic E-state index is -0.670. The molecule has 1 amide bonds. The fourth-order valence-corrected chi connectivity index (χ4v) is 3.48. The van der Waals surface area contributed by atoms with Crippen molar-refractivity contribution in [2.75, 3.05) is 26.8 Å². The largest absolute Gasteiger partial charge is 0.469 e. The number of likely N-dealkylation sites (tertiary alicyclic amines) is 1. The molecule has 2 aromatic rings. The molecule has 10 nitrogen and oxygen atoms in total. The van der Waals surface area contributed by atoms with E-state index in [1.165, 1.54) is 13.4 Å². The van der Waals surface area contributed by atoms with Crippen molar-refractivity contribution in [1.29, 1.82) is 0 Å². The molecule has 0 unspecified atom stereocenters. The van der Waals surface area contributed by atoms with Gasteiger partial charge in [-0.1, -0.05) is 0 Å². The predicted octanol–water partition coefficient (Wildman–Crippen LogP) is 0.886. The molecule has 10 heteroatoms. The standard InChI is InChI=1S/C19H23N3O7/c1-4-28-19(26)14-11(2)29-16-15(14)17(24)22(10-20-16)9-13(23)21-7-5-12(6-8-21)18(25)27-3/h10,12H,4-9H2,1-3H3. The Bertz CT molecular complexity index is 999. The van der Waals surface area contributed by atoms with Gasteiger partial charge in [0.25, 0.3) is 5.56 Å². The van der Waals surface area contributed by atoms with Crippen molar-refractivity contribution in [2.45, 2.75) is 33.2 Å². The molecule has 0 atom stereocenters. The highest BCUT2D eigenvalue weighted by Gasteiger charge is 2.29. The number of carbonyl (C=O) groups excluding carboxylic acids is 3. The molecule has 0 bridgehead atoms. The van der Waals surface area contributed by atoms with E-state index in [2.05, 4.69) is 4.98 Å². The van der Waals surface area contributed by atoms with Gasteiger partial charge in [-0.25, -0.2) is 9.78 Å². The Morgan fingerprint density at radius 3 is 2.59 bits per heavy atom. The number of aromatic nitrogens is 2. The molecule has 1 aliphatic heterocycles. The fourth-order valence-electron chi connectivity index (χ4n) is 3.48. The summed E-state index contributed by atoms with van der Waals surface area (Å²) in [4.78, 5) is 55.0. The summed E-state index contributed by atoms with van der Waals surface area (Å²) in [6, 6.07) is 0. The topological polar surface area (TPSA) is 121 Å².